The van der Waals surface area contributed by atoms with Crippen LogP contribution in [0.4, 0.5) is 0 Å². The quantitative estimate of drug-likeness (QED) is 0.343. The zero-order chi connectivity index (χ0) is 22.8. The van der Waals surface area contributed by atoms with E-state index in [2.05, 4.69) is 26.0 Å². The van der Waals surface area contributed by atoms with Gasteiger partial charge >= 0.3 is 5.69 Å². The van der Waals surface area contributed by atoms with E-state index in [1.54, 1.807) is 24.3 Å². The molecule has 7 heteroatoms. The SMILES string of the molecule is O=c1[nH]c2ccccc2c(=O)n1N=Cc1c(OCc2ccc(Br)cc2)ccc2ccccc12. The molecule has 5 aromatic rings. The van der Waals surface area contributed by atoms with E-state index in [9.17, 15) is 9.59 Å². The van der Waals surface area contributed by atoms with Gasteiger partial charge in [0, 0.05) is 10.0 Å². The third-order valence-corrected chi connectivity index (χ3v) is 5.85. The highest BCUT2D eigenvalue weighted by atomic mass is 79.9. The average Bonchev–Trinajstić information content (AvgIpc) is 2.84. The number of halogens is 1. The Morgan fingerprint density at radius 1 is 0.879 bits per heavy atom. The van der Waals surface area contributed by atoms with E-state index in [1.165, 1.54) is 6.21 Å². The molecule has 0 atom stereocenters. The van der Waals surface area contributed by atoms with Gasteiger partial charge in [-0.25, -0.2) is 4.79 Å². The van der Waals surface area contributed by atoms with Gasteiger partial charge in [0.2, 0.25) is 0 Å². The van der Waals surface area contributed by atoms with Crippen LogP contribution in [-0.2, 0) is 6.61 Å². The molecule has 1 heterocycles. The molecule has 0 aliphatic rings. The van der Waals surface area contributed by atoms with E-state index in [-0.39, 0.29) is 0 Å². The van der Waals surface area contributed by atoms with Crippen LogP contribution in [0.3, 0.4) is 0 Å². The van der Waals surface area contributed by atoms with Crippen LogP contribution in [0.1, 0.15) is 11.1 Å². The van der Waals surface area contributed by atoms with E-state index in [1.807, 2.05) is 60.7 Å². The summed E-state index contributed by atoms with van der Waals surface area (Å²) in [7, 11) is 0. The van der Waals surface area contributed by atoms with Gasteiger partial charge in [-0.2, -0.15) is 5.10 Å². The van der Waals surface area contributed by atoms with Crippen molar-refractivity contribution in [3.8, 4) is 5.75 Å². The second kappa shape index (κ2) is 8.88. The monoisotopic (exact) mass is 499 g/mol. The number of fused-ring (bicyclic) bond motifs is 2. The Balaban J connectivity index is 1.58. The zero-order valence-corrected chi connectivity index (χ0v) is 19.0. The summed E-state index contributed by atoms with van der Waals surface area (Å²) in [6.07, 6.45) is 1.50. The van der Waals surface area contributed by atoms with Crippen molar-refractivity contribution in [1.29, 1.82) is 0 Å². The first kappa shape index (κ1) is 20.9. The van der Waals surface area contributed by atoms with Crippen LogP contribution < -0.4 is 16.0 Å². The standard InChI is InChI=1S/C26H18BrN3O3/c27-19-12-9-17(10-13-19)16-33-24-14-11-18-5-1-2-6-20(18)22(24)15-28-30-25(31)21-7-3-4-8-23(21)29-26(30)32/h1-15H,16H2,(H,29,32). The molecule has 0 aliphatic carbocycles. The Labute approximate surface area is 196 Å². The van der Waals surface area contributed by atoms with Gasteiger partial charge in [-0.3, -0.25) is 4.79 Å². The molecule has 0 fully saturated rings. The number of hydrogen-bond acceptors (Lipinski definition) is 4. The second-order valence-corrected chi connectivity index (χ2v) is 8.37. The van der Waals surface area contributed by atoms with E-state index in [0.717, 1.165) is 25.5 Å². The van der Waals surface area contributed by atoms with Crippen LogP contribution in [0.15, 0.2) is 104 Å². The summed E-state index contributed by atoms with van der Waals surface area (Å²) in [5.74, 6) is 0.602. The van der Waals surface area contributed by atoms with Gasteiger partial charge in [0.05, 0.1) is 17.1 Å². The van der Waals surface area contributed by atoms with Gasteiger partial charge in [-0.15, -0.1) is 4.68 Å². The second-order valence-electron chi connectivity index (χ2n) is 7.45. The molecule has 0 aliphatic heterocycles. The number of para-hydroxylation sites is 1. The molecule has 1 aromatic heterocycles. The lowest BCUT2D eigenvalue weighted by Gasteiger charge is -2.12. The van der Waals surface area contributed by atoms with Gasteiger partial charge in [0.15, 0.2) is 0 Å². The molecule has 0 saturated heterocycles. The largest absolute Gasteiger partial charge is 0.488 e. The molecule has 0 unspecified atom stereocenters. The molecule has 4 aromatic carbocycles. The Morgan fingerprint density at radius 2 is 1.61 bits per heavy atom. The van der Waals surface area contributed by atoms with Crippen LogP contribution in [0.5, 0.6) is 5.75 Å². The number of benzene rings is 4. The minimum absolute atomic E-state index is 0.364. The number of ether oxygens (including phenoxy) is 1. The summed E-state index contributed by atoms with van der Waals surface area (Å²) in [5, 5.41) is 6.54. The van der Waals surface area contributed by atoms with Crippen LogP contribution in [-0.4, -0.2) is 15.9 Å². The number of aromatic nitrogens is 2. The van der Waals surface area contributed by atoms with E-state index >= 15 is 0 Å². The van der Waals surface area contributed by atoms with Gasteiger partial charge in [0.25, 0.3) is 5.56 Å². The normalized spacial score (nSPS) is 11.4. The lowest BCUT2D eigenvalue weighted by Crippen LogP contribution is -2.32. The number of nitrogens with one attached hydrogen (secondary N) is 1. The first-order valence-corrected chi connectivity index (χ1v) is 11.1. The molecule has 0 saturated carbocycles. The van der Waals surface area contributed by atoms with Crippen molar-refractivity contribution >= 4 is 43.8 Å². The van der Waals surface area contributed by atoms with Gasteiger partial charge in [-0.1, -0.05) is 70.5 Å². The molecule has 5 rings (SSSR count). The predicted octanol–water partition coefficient (Wildman–Crippen LogP) is 5.07. The first-order valence-electron chi connectivity index (χ1n) is 10.3. The first-order chi connectivity index (χ1) is 16.1. The number of rotatable bonds is 5. The number of hydrogen-bond donors (Lipinski definition) is 1. The maximum absolute atomic E-state index is 12.9. The molecule has 0 spiro atoms. The maximum atomic E-state index is 12.9. The summed E-state index contributed by atoms with van der Waals surface area (Å²) >= 11 is 3.44. The van der Waals surface area contributed by atoms with Crippen LogP contribution in [0, 0.1) is 0 Å². The smallest absolute Gasteiger partial charge is 0.349 e. The molecular weight excluding hydrogens is 482 g/mol. The van der Waals surface area contributed by atoms with Crippen molar-refractivity contribution in [2.45, 2.75) is 6.61 Å². The fourth-order valence-electron chi connectivity index (χ4n) is 3.65. The lowest BCUT2D eigenvalue weighted by atomic mass is 10.0. The minimum Gasteiger partial charge on any atom is -0.488 e. The highest BCUT2D eigenvalue weighted by Crippen LogP contribution is 2.27. The zero-order valence-electron chi connectivity index (χ0n) is 17.4. The van der Waals surface area contributed by atoms with Crippen LogP contribution >= 0.6 is 15.9 Å². The van der Waals surface area contributed by atoms with Crippen LogP contribution in [0.2, 0.25) is 0 Å². The number of nitrogens with zero attached hydrogens (tertiary/aromatic N) is 2. The highest BCUT2D eigenvalue weighted by Gasteiger charge is 2.10. The van der Waals surface area contributed by atoms with Crippen molar-refractivity contribution in [1.82, 2.24) is 9.66 Å². The Morgan fingerprint density at radius 3 is 2.42 bits per heavy atom. The topological polar surface area (TPSA) is 76.5 Å². The highest BCUT2D eigenvalue weighted by molar-refractivity contribution is 9.10. The summed E-state index contributed by atoms with van der Waals surface area (Å²) < 4.78 is 7.94. The van der Waals surface area contributed by atoms with Crippen molar-refractivity contribution in [3.05, 3.63) is 121 Å². The van der Waals surface area contributed by atoms with E-state index in [0.29, 0.717) is 28.8 Å². The van der Waals surface area contributed by atoms with Gasteiger partial charge in [-0.05, 0) is 46.7 Å². The Kier molecular flexibility index (Phi) is 5.62. The summed E-state index contributed by atoms with van der Waals surface area (Å²) in [6.45, 7) is 0.364. The molecule has 0 radical (unpaired) electrons. The van der Waals surface area contributed by atoms with Gasteiger partial charge < -0.3 is 9.72 Å². The van der Waals surface area contributed by atoms with Crippen molar-refractivity contribution < 1.29 is 4.74 Å². The molecular formula is C26H18BrN3O3. The maximum Gasteiger partial charge on any atom is 0.349 e. The number of H-pyrrole nitrogens is 1. The molecule has 1 N–H and O–H groups in total. The van der Waals surface area contributed by atoms with Crippen molar-refractivity contribution in [2.24, 2.45) is 5.10 Å². The van der Waals surface area contributed by atoms with E-state index in [4.69, 9.17) is 4.74 Å². The third kappa shape index (κ3) is 4.23. The Bertz CT molecular complexity index is 1620. The fourth-order valence-corrected chi connectivity index (χ4v) is 3.91. The minimum atomic E-state index is -0.604. The molecule has 0 bridgehead atoms. The van der Waals surface area contributed by atoms with Crippen molar-refractivity contribution in [2.75, 3.05) is 0 Å². The van der Waals surface area contributed by atoms with Crippen LogP contribution in [0.25, 0.3) is 21.7 Å². The third-order valence-electron chi connectivity index (χ3n) is 5.32. The Hall–Kier alpha value is -3.97. The summed E-state index contributed by atoms with van der Waals surface area (Å²) in [6, 6.07) is 26.4. The molecule has 33 heavy (non-hydrogen) atoms. The van der Waals surface area contributed by atoms with E-state index < -0.39 is 11.2 Å². The summed E-state index contributed by atoms with van der Waals surface area (Å²) in [5.41, 5.74) is 1.08. The summed E-state index contributed by atoms with van der Waals surface area (Å²) in [4.78, 5) is 28.1. The fraction of sp³-hybridized carbons (Fsp3) is 0.0385. The number of aromatic amines is 1. The lowest BCUT2D eigenvalue weighted by molar-refractivity contribution is 0.306. The molecule has 6 nitrogen and oxygen atoms in total. The average molecular weight is 500 g/mol. The predicted molar refractivity (Wildman–Crippen MR) is 134 cm³/mol. The van der Waals surface area contributed by atoms with Crippen molar-refractivity contribution in [3.63, 3.8) is 0 Å². The van der Waals surface area contributed by atoms with Gasteiger partial charge in [0.1, 0.15) is 12.4 Å². The molecule has 0 amide bonds. The molecule has 162 valence electrons.